The Hall–Kier alpha value is -4.46. The fourth-order valence-corrected chi connectivity index (χ4v) is 3.52. The van der Waals surface area contributed by atoms with E-state index in [2.05, 4.69) is 10.5 Å². The first-order valence-electron chi connectivity index (χ1n) is 10.4. The van der Waals surface area contributed by atoms with Crippen molar-refractivity contribution in [1.29, 1.82) is 0 Å². The van der Waals surface area contributed by atoms with Gasteiger partial charge in [-0.2, -0.15) is 5.10 Å². The smallest absolute Gasteiger partial charge is 0.271 e. The molecular weight excluding hydrogens is 420 g/mol. The van der Waals surface area contributed by atoms with Gasteiger partial charge in [-0.1, -0.05) is 30.3 Å². The van der Waals surface area contributed by atoms with Gasteiger partial charge in [0.15, 0.2) is 0 Å². The van der Waals surface area contributed by atoms with Crippen molar-refractivity contribution in [3.05, 3.63) is 106 Å². The second-order valence-corrected chi connectivity index (χ2v) is 7.31. The van der Waals surface area contributed by atoms with Gasteiger partial charge in [0.05, 0.1) is 17.7 Å². The van der Waals surface area contributed by atoms with Crippen LogP contribution in [0.5, 0.6) is 5.75 Å². The van der Waals surface area contributed by atoms with Crippen LogP contribution in [0.3, 0.4) is 0 Å². The Labute approximate surface area is 190 Å². The van der Waals surface area contributed by atoms with E-state index in [1.54, 1.807) is 42.6 Å². The third kappa shape index (κ3) is 5.07. The first-order chi connectivity index (χ1) is 16.0. The maximum absolute atomic E-state index is 12.4. The van der Waals surface area contributed by atoms with Crippen molar-refractivity contribution in [3.63, 3.8) is 0 Å². The Kier molecular flexibility index (Phi) is 6.45. The number of nitro benzene ring substituents is 1. The summed E-state index contributed by atoms with van der Waals surface area (Å²) in [7, 11) is 0. The van der Waals surface area contributed by atoms with Crippen LogP contribution in [0.25, 0.3) is 10.9 Å². The minimum Gasteiger partial charge on any atom is -0.494 e. The molecule has 0 radical (unpaired) electrons. The highest BCUT2D eigenvalue weighted by molar-refractivity contribution is 6.00. The van der Waals surface area contributed by atoms with E-state index in [4.69, 9.17) is 4.74 Å². The number of amides is 1. The van der Waals surface area contributed by atoms with Gasteiger partial charge in [-0.05, 0) is 42.8 Å². The number of hydrogen-bond donors (Lipinski definition) is 1. The van der Waals surface area contributed by atoms with E-state index in [-0.39, 0.29) is 11.6 Å². The fraction of sp³-hybridized carbons (Fsp3) is 0.120. The molecule has 0 saturated heterocycles. The Bertz CT molecular complexity index is 1310. The van der Waals surface area contributed by atoms with E-state index in [1.165, 1.54) is 12.1 Å². The minimum atomic E-state index is -0.412. The summed E-state index contributed by atoms with van der Waals surface area (Å²) in [5, 5.41) is 16.0. The van der Waals surface area contributed by atoms with Gasteiger partial charge in [0.1, 0.15) is 5.75 Å². The van der Waals surface area contributed by atoms with E-state index >= 15 is 0 Å². The predicted octanol–water partition coefficient (Wildman–Crippen LogP) is 4.76. The highest BCUT2D eigenvalue weighted by atomic mass is 16.6. The number of carbonyl (C=O) groups excluding carboxylic acids is 1. The molecule has 8 nitrogen and oxygen atoms in total. The van der Waals surface area contributed by atoms with Gasteiger partial charge in [0.2, 0.25) is 0 Å². The maximum atomic E-state index is 12.4. The second-order valence-electron chi connectivity index (χ2n) is 7.31. The van der Waals surface area contributed by atoms with Gasteiger partial charge in [-0.3, -0.25) is 14.9 Å². The lowest BCUT2D eigenvalue weighted by molar-refractivity contribution is -0.384. The Balaban J connectivity index is 1.50. The number of carbonyl (C=O) groups is 1. The summed E-state index contributed by atoms with van der Waals surface area (Å²) in [6.45, 7) is 3.01. The van der Waals surface area contributed by atoms with Gasteiger partial charge in [-0.25, -0.2) is 5.43 Å². The number of ether oxygens (including phenoxy) is 1. The van der Waals surface area contributed by atoms with Crippen LogP contribution in [0.4, 0.5) is 5.69 Å². The van der Waals surface area contributed by atoms with Crippen LogP contribution in [-0.4, -0.2) is 28.2 Å². The standard InChI is InChI=1S/C25H22N4O4/c1-2-33-22-13-9-19(10-14-22)25(30)27-26-15-20-17-28(24-6-4-3-5-23(20)24)16-18-7-11-21(12-8-18)29(31)32/h3-15,17H,2,16H2,1H3,(H,27,30)/b26-15-. The van der Waals surface area contributed by atoms with Crippen molar-refractivity contribution < 1.29 is 14.5 Å². The molecule has 0 bridgehead atoms. The zero-order valence-corrected chi connectivity index (χ0v) is 18.0. The lowest BCUT2D eigenvalue weighted by Crippen LogP contribution is -2.17. The topological polar surface area (TPSA) is 98.8 Å². The molecule has 166 valence electrons. The largest absolute Gasteiger partial charge is 0.494 e. The molecule has 1 N–H and O–H groups in total. The van der Waals surface area contributed by atoms with Crippen molar-refractivity contribution >= 4 is 28.7 Å². The van der Waals surface area contributed by atoms with Gasteiger partial charge in [-0.15, -0.1) is 0 Å². The van der Waals surface area contributed by atoms with Crippen molar-refractivity contribution in [2.75, 3.05) is 6.61 Å². The molecule has 0 aliphatic rings. The van der Waals surface area contributed by atoms with E-state index in [9.17, 15) is 14.9 Å². The molecule has 4 aromatic rings. The number of hydrogen-bond acceptors (Lipinski definition) is 5. The monoisotopic (exact) mass is 442 g/mol. The van der Waals surface area contributed by atoms with Crippen LogP contribution < -0.4 is 10.2 Å². The molecule has 0 spiro atoms. The number of nitrogens with one attached hydrogen (secondary N) is 1. The molecule has 0 aliphatic carbocycles. The number of fused-ring (bicyclic) bond motifs is 1. The maximum Gasteiger partial charge on any atom is 0.271 e. The Morgan fingerprint density at radius 1 is 1.09 bits per heavy atom. The van der Waals surface area contributed by atoms with Crippen LogP contribution in [0.15, 0.2) is 84.1 Å². The molecule has 1 amide bonds. The highest BCUT2D eigenvalue weighted by Crippen LogP contribution is 2.22. The van der Waals surface area contributed by atoms with Gasteiger partial charge in [0, 0.05) is 46.9 Å². The van der Waals surface area contributed by atoms with Crippen LogP contribution in [0.1, 0.15) is 28.4 Å². The molecule has 3 aromatic carbocycles. The van der Waals surface area contributed by atoms with Crippen LogP contribution in [0, 0.1) is 10.1 Å². The SMILES string of the molecule is CCOc1ccc(C(=O)N/N=C\c2cn(Cc3ccc([N+](=O)[O-])cc3)c3ccccc23)cc1. The molecule has 33 heavy (non-hydrogen) atoms. The van der Waals surface area contributed by atoms with E-state index < -0.39 is 4.92 Å². The Morgan fingerprint density at radius 3 is 2.52 bits per heavy atom. The summed E-state index contributed by atoms with van der Waals surface area (Å²) in [5.41, 5.74) is 5.88. The summed E-state index contributed by atoms with van der Waals surface area (Å²) >= 11 is 0. The number of nitro groups is 1. The quantitative estimate of drug-likeness (QED) is 0.242. The van der Waals surface area contributed by atoms with Crippen molar-refractivity contribution in [3.8, 4) is 5.75 Å². The van der Waals surface area contributed by atoms with E-state index in [0.717, 1.165) is 22.0 Å². The van der Waals surface area contributed by atoms with Gasteiger partial charge >= 0.3 is 0 Å². The summed E-state index contributed by atoms with van der Waals surface area (Å²) in [5.74, 6) is 0.391. The minimum absolute atomic E-state index is 0.0622. The zero-order chi connectivity index (χ0) is 23.2. The summed E-state index contributed by atoms with van der Waals surface area (Å²) in [6, 6.07) is 21.2. The molecule has 0 unspecified atom stereocenters. The predicted molar refractivity (Wildman–Crippen MR) is 127 cm³/mol. The number of benzene rings is 3. The summed E-state index contributed by atoms with van der Waals surface area (Å²) < 4.78 is 7.44. The Morgan fingerprint density at radius 2 is 1.82 bits per heavy atom. The molecule has 1 heterocycles. The normalized spacial score (nSPS) is 11.1. The zero-order valence-electron chi connectivity index (χ0n) is 18.0. The average Bonchev–Trinajstić information content (AvgIpc) is 3.17. The first-order valence-corrected chi connectivity index (χ1v) is 10.4. The number of rotatable bonds is 8. The molecule has 0 atom stereocenters. The summed E-state index contributed by atoms with van der Waals surface area (Å²) in [6.07, 6.45) is 3.56. The van der Waals surface area contributed by atoms with E-state index in [0.29, 0.717) is 24.5 Å². The van der Waals surface area contributed by atoms with Gasteiger partial charge in [0.25, 0.3) is 11.6 Å². The molecule has 0 saturated carbocycles. The van der Waals surface area contributed by atoms with Crippen molar-refractivity contribution in [1.82, 2.24) is 9.99 Å². The van der Waals surface area contributed by atoms with Crippen LogP contribution >= 0.6 is 0 Å². The number of hydrazone groups is 1. The highest BCUT2D eigenvalue weighted by Gasteiger charge is 2.09. The van der Waals surface area contributed by atoms with Crippen molar-refractivity contribution in [2.45, 2.75) is 13.5 Å². The lowest BCUT2D eigenvalue weighted by Gasteiger charge is -2.05. The molecule has 8 heteroatoms. The molecule has 0 aliphatic heterocycles. The number of para-hydroxylation sites is 1. The van der Waals surface area contributed by atoms with Gasteiger partial charge < -0.3 is 9.30 Å². The summed E-state index contributed by atoms with van der Waals surface area (Å²) in [4.78, 5) is 22.8. The third-order valence-electron chi connectivity index (χ3n) is 5.12. The second kappa shape index (κ2) is 9.78. The van der Waals surface area contributed by atoms with Crippen LogP contribution in [-0.2, 0) is 6.54 Å². The molecule has 1 aromatic heterocycles. The molecule has 0 fully saturated rings. The fourth-order valence-electron chi connectivity index (χ4n) is 3.52. The number of nitrogens with zero attached hydrogens (tertiary/aromatic N) is 3. The van der Waals surface area contributed by atoms with Crippen molar-refractivity contribution in [2.24, 2.45) is 5.10 Å². The van der Waals surface area contributed by atoms with E-state index in [1.807, 2.05) is 42.0 Å². The average molecular weight is 442 g/mol. The van der Waals surface area contributed by atoms with Crippen LogP contribution in [0.2, 0.25) is 0 Å². The lowest BCUT2D eigenvalue weighted by atomic mass is 10.2. The third-order valence-corrected chi connectivity index (χ3v) is 5.12. The number of non-ortho nitro benzene ring substituents is 1. The first kappa shape index (κ1) is 21.8. The molecular formula is C25H22N4O4. The molecule has 4 rings (SSSR count). The number of aromatic nitrogens is 1.